The molecule has 0 aromatic heterocycles. The molecule has 0 aliphatic carbocycles. The Morgan fingerprint density at radius 1 is 1.18 bits per heavy atom. The maximum atomic E-state index is 14.0. The highest BCUT2D eigenvalue weighted by Gasteiger charge is 2.13. The van der Waals surface area contributed by atoms with Gasteiger partial charge in [-0.3, -0.25) is 4.99 Å². The molecule has 2 aromatic carbocycles. The molecule has 0 atom stereocenters. The molecule has 0 saturated carbocycles. The van der Waals surface area contributed by atoms with Gasteiger partial charge in [0.15, 0.2) is 17.5 Å². The minimum absolute atomic E-state index is 0.225. The van der Waals surface area contributed by atoms with Crippen molar-refractivity contribution in [1.82, 2.24) is 10.2 Å². The third kappa shape index (κ3) is 4.92. The van der Waals surface area contributed by atoms with Gasteiger partial charge in [-0.05, 0) is 48.4 Å². The zero-order valence-electron chi connectivity index (χ0n) is 16.8. The van der Waals surface area contributed by atoms with Gasteiger partial charge < -0.3 is 19.7 Å². The summed E-state index contributed by atoms with van der Waals surface area (Å²) in [5.74, 6) is 1.59. The minimum atomic E-state index is -0.361. The number of aliphatic imine (C=N–C) groups is 1. The van der Waals surface area contributed by atoms with E-state index in [4.69, 9.17) is 14.7 Å². The van der Waals surface area contributed by atoms with Gasteiger partial charge in [-0.15, -0.1) is 0 Å². The van der Waals surface area contributed by atoms with Crippen LogP contribution in [0.5, 0.6) is 11.5 Å². The number of aryl methyl sites for hydroxylation is 1. The molecule has 1 N–H and O–H groups in total. The van der Waals surface area contributed by atoms with E-state index in [1.54, 1.807) is 21.3 Å². The smallest absolute Gasteiger partial charge is 0.193 e. The summed E-state index contributed by atoms with van der Waals surface area (Å²) in [6.45, 7) is 2.81. The van der Waals surface area contributed by atoms with Crippen molar-refractivity contribution in [2.75, 3.05) is 28.3 Å². The first-order chi connectivity index (χ1) is 13.4. The van der Waals surface area contributed by atoms with Crippen LogP contribution < -0.4 is 14.8 Å². The van der Waals surface area contributed by atoms with Gasteiger partial charge in [0.1, 0.15) is 5.82 Å². The van der Waals surface area contributed by atoms with Crippen LogP contribution in [0.4, 0.5) is 4.39 Å². The van der Waals surface area contributed by atoms with Crippen LogP contribution in [-0.4, -0.2) is 39.2 Å². The van der Waals surface area contributed by atoms with E-state index in [1.165, 1.54) is 18.2 Å². The number of ether oxygens (including phenoxy) is 2. The summed E-state index contributed by atoms with van der Waals surface area (Å²) >= 11 is 0. The van der Waals surface area contributed by atoms with Crippen molar-refractivity contribution in [1.29, 1.82) is 5.26 Å². The third-order valence-corrected chi connectivity index (χ3v) is 4.43. The van der Waals surface area contributed by atoms with Crippen molar-refractivity contribution < 1.29 is 13.9 Å². The van der Waals surface area contributed by atoms with Crippen molar-refractivity contribution in [3.8, 4) is 17.6 Å². The SMILES string of the molecule is CN=C(NCc1cc(C#N)ccc1F)N(C)Cc1cc(OC)c(OC)cc1C. The standard InChI is InChI=1S/C21H25FN4O2/c1-14-8-19(27-4)20(28-5)10-17(14)13-26(3)21(24-2)25-12-16-9-15(11-23)6-7-18(16)22/h6-10H,12-13H2,1-5H3,(H,24,25). The van der Waals surface area contributed by atoms with Crippen LogP contribution in [0.3, 0.4) is 0 Å². The number of hydrogen-bond donors (Lipinski definition) is 1. The monoisotopic (exact) mass is 384 g/mol. The summed E-state index contributed by atoms with van der Waals surface area (Å²) in [6.07, 6.45) is 0. The summed E-state index contributed by atoms with van der Waals surface area (Å²) in [6, 6.07) is 10.2. The van der Waals surface area contributed by atoms with Crippen LogP contribution in [0.1, 0.15) is 22.3 Å². The Bertz CT molecular complexity index is 906. The zero-order valence-corrected chi connectivity index (χ0v) is 16.8. The number of methoxy groups -OCH3 is 2. The van der Waals surface area contributed by atoms with E-state index in [1.807, 2.05) is 37.1 Å². The molecule has 148 valence electrons. The molecule has 28 heavy (non-hydrogen) atoms. The van der Waals surface area contributed by atoms with Crippen molar-refractivity contribution in [2.24, 2.45) is 4.99 Å². The average molecular weight is 384 g/mol. The number of nitrogens with one attached hydrogen (secondary N) is 1. The Kier molecular flexibility index (Phi) is 7.21. The number of nitriles is 1. The lowest BCUT2D eigenvalue weighted by Crippen LogP contribution is -2.38. The molecule has 6 nitrogen and oxygen atoms in total. The summed E-state index contributed by atoms with van der Waals surface area (Å²) in [5, 5.41) is 12.1. The first-order valence-electron chi connectivity index (χ1n) is 8.75. The number of halogens is 1. The second kappa shape index (κ2) is 9.60. The number of guanidine groups is 1. The van der Waals surface area contributed by atoms with Gasteiger partial charge in [0.05, 0.1) is 25.9 Å². The van der Waals surface area contributed by atoms with E-state index in [0.717, 1.165) is 11.1 Å². The second-order valence-corrected chi connectivity index (χ2v) is 6.31. The molecule has 2 rings (SSSR count). The van der Waals surface area contributed by atoms with Crippen LogP contribution in [0.25, 0.3) is 0 Å². The summed E-state index contributed by atoms with van der Waals surface area (Å²) < 4.78 is 24.7. The largest absolute Gasteiger partial charge is 0.493 e. The van der Waals surface area contributed by atoms with Crippen LogP contribution in [0.2, 0.25) is 0 Å². The fourth-order valence-electron chi connectivity index (χ4n) is 2.86. The van der Waals surface area contributed by atoms with Gasteiger partial charge in [-0.1, -0.05) is 0 Å². The van der Waals surface area contributed by atoms with Gasteiger partial charge in [-0.25, -0.2) is 4.39 Å². The number of hydrogen-bond acceptors (Lipinski definition) is 4. The Morgan fingerprint density at radius 3 is 2.46 bits per heavy atom. The first kappa shape index (κ1) is 21.0. The zero-order chi connectivity index (χ0) is 20.7. The second-order valence-electron chi connectivity index (χ2n) is 6.31. The maximum absolute atomic E-state index is 14.0. The van der Waals surface area contributed by atoms with E-state index in [2.05, 4.69) is 10.3 Å². The van der Waals surface area contributed by atoms with Gasteiger partial charge >= 0.3 is 0 Å². The third-order valence-electron chi connectivity index (χ3n) is 4.43. The predicted octanol–water partition coefficient (Wildman–Crippen LogP) is 3.23. The highest BCUT2D eigenvalue weighted by Crippen LogP contribution is 2.30. The molecule has 0 fully saturated rings. The lowest BCUT2D eigenvalue weighted by atomic mass is 10.1. The van der Waals surface area contributed by atoms with E-state index < -0.39 is 0 Å². The number of nitrogens with zero attached hydrogens (tertiary/aromatic N) is 3. The van der Waals surface area contributed by atoms with Crippen LogP contribution in [-0.2, 0) is 13.1 Å². The summed E-state index contributed by atoms with van der Waals surface area (Å²) in [5.41, 5.74) is 2.95. The van der Waals surface area contributed by atoms with E-state index in [9.17, 15) is 4.39 Å². The molecule has 2 aromatic rings. The van der Waals surface area contributed by atoms with Gasteiger partial charge in [0, 0.05) is 32.7 Å². The molecular formula is C21H25FN4O2. The summed E-state index contributed by atoms with van der Waals surface area (Å²) in [7, 11) is 6.77. The lowest BCUT2D eigenvalue weighted by Gasteiger charge is -2.24. The molecule has 0 bridgehead atoms. The molecule has 0 radical (unpaired) electrons. The molecule has 0 aliphatic heterocycles. The van der Waals surface area contributed by atoms with Crippen LogP contribution >= 0.6 is 0 Å². The topological polar surface area (TPSA) is 69.9 Å². The highest BCUT2D eigenvalue weighted by molar-refractivity contribution is 5.79. The van der Waals surface area contributed by atoms with Gasteiger partial charge in [0.25, 0.3) is 0 Å². The lowest BCUT2D eigenvalue weighted by molar-refractivity contribution is 0.353. The highest BCUT2D eigenvalue weighted by atomic mass is 19.1. The van der Waals surface area contributed by atoms with Crippen molar-refractivity contribution >= 4 is 5.96 Å². The van der Waals surface area contributed by atoms with Crippen LogP contribution in [0, 0.1) is 24.1 Å². The van der Waals surface area contributed by atoms with Gasteiger partial charge in [-0.2, -0.15) is 5.26 Å². The fraction of sp³-hybridized carbons (Fsp3) is 0.333. The molecular weight excluding hydrogens is 359 g/mol. The molecule has 0 aliphatic rings. The molecule has 0 amide bonds. The summed E-state index contributed by atoms with van der Waals surface area (Å²) in [4.78, 5) is 6.20. The molecule has 0 heterocycles. The first-order valence-corrected chi connectivity index (χ1v) is 8.75. The molecule has 0 saturated heterocycles. The Morgan fingerprint density at radius 2 is 1.86 bits per heavy atom. The fourth-order valence-corrected chi connectivity index (χ4v) is 2.86. The van der Waals surface area contributed by atoms with Crippen molar-refractivity contribution in [3.05, 3.63) is 58.4 Å². The van der Waals surface area contributed by atoms with Crippen molar-refractivity contribution in [3.63, 3.8) is 0 Å². The predicted molar refractivity (Wildman–Crippen MR) is 107 cm³/mol. The quantitative estimate of drug-likeness (QED) is 0.612. The van der Waals surface area contributed by atoms with Gasteiger partial charge in [0.2, 0.25) is 0 Å². The Labute approximate surface area is 165 Å². The Hall–Kier alpha value is -3.27. The molecule has 7 heteroatoms. The van der Waals surface area contributed by atoms with E-state index in [0.29, 0.717) is 35.1 Å². The van der Waals surface area contributed by atoms with Crippen LogP contribution in [0.15, 0.2) is 35.3 Å². The number of benzene rings is 2. The van der Waals surface area contributed by atoms with E-state index in [-0.39, 0.29) is 12.4 Å². The number of rotatable bonds is 6. The Balaban J connectivity index is 2.13. The van der Waals surface area contributed by atoms with Crippen molar-refractivity contribution in [2.45, 2.75) is 20.0 Å². The average Bonchev–Trinajstić information content (AvgIpc) is 2.70. The normalized spacial score (nSPS) is 11.0. The maximum Gasteiger partial charge on any atom is 0.193 e. The molecule has 0 unspecified atom stereocenters. The van der Waals surface area contributed by atoms with E-state index >= 15 is 0 Å². The molecule has 0 spiro atoms. The minimum Gasteiger partial charge on any atom is -0.493 e.